The van der Waals surface area contributed by atoms with Crippen LogP contribution in [0.3, 0.4) is 0 Å². The largest absolute Gasteiger partial charge is 0.494 e. The highest BCUT2D eigenvalue weighted by Gasteiger charge is 2.29. The van der Waals surface area contributed by atoms with Crippen LogP contribution in [-0.4, -0.2) is 78.1 Å². The second kappa shape index (κ2) is 10.8. The maximum Gasteiger partial charge on any atom is 0.246 e. The van der Waals surface area contributed by atoms with Gasteiger partial charge in [-0.05, 0) is 62.7 Å². The highest BCUT2D eigenvalue weighted by molar-refractivity contribution is 5.92. The fraction of sp³-hybridized carbons (Fsp3) is 0.444. The Kier molecular flexibility index (Phi) is 7.63. The first-order valence-corrected chi connectivity index (χ1v) is 12.2. The van der Waals surface area contributed by atoms with Gasteiger partial charge in [-0.3, -0.25) is 4.79 Å². The molecule has 180 valence electrons. The second-order valence-corrected chi connectivity index (χ2v) is 8.90. The quantitative estimate of drug-likeness (QED) is 0.583. The van der Waals surface area contributed by atoms with Crippen molar-refractivity contribution < 1.29 is 9.53 Å². The van der Waals surface area contributed by atoms with Crippen molar-refractivity contribution in [3.63, 3.8) is 0 Å². The summed E-state index contributed by atoms with van der Waals surface area (Å²) in [5, 5.41) is 0.970. The number of ether oxygens (including phenoxy) is 1. The number of hydrogen-bond donors (Lipinski definition) is 0. The van der Waals surface area contributed by atoms with Crippen molar-refractivity contribution in [2.75, 3.05) is 51.3 Å². The van der Waals surface area contributed by atoms with E-state index in [0.717, 1.165) is 54.9 Å². The van der Waals surface area contributed by atoms with Crippen molar-refractivity contribution in [3.05, 3.63) is 54.4 Å². The lowest BCUT2D eigenvalue weighted by Gasteiger charge is -2.41. The van der Waals surface area contributed by atoms with Gasteiger partial charge in [0.2, 0.25) is 5.91 Å². The highest BCUT2D eigenvalue weighted by atomic mass is 16.5. The summed E-state index contributed by atoms with van der Waals surface area (Å²) < 4.78 is 5.76. The fourth-order valence-corrected chi connectivity index (χ4v) is 4.71. The monoisotopic (exact) mass is 461 g/mol. The zero-order valence-corrected chi connectivity index (χ0v) is 20.5. The predicted molar refractivity (Wildman–Crippen MR) is 138 cm³/mol. The van der Waals surface area contributed by atoms with E-state index in [9.17, 15) is 4.79 Å². The zero-order chi connectivity index (χ0) is 24.1. The van der Waals surface area contributed by atoms with Crippen molar-refractivity contribution in [2.24, 2.45) is 0 Å². The summed E-state index contributed by atoms with van der Waals surface area (Å²) >= 11 is 0. The molecular weight excluding hydrogens is 426 g/mol. The van der Waals surface area contributed by atoms with E-state index < -0.39 is 0 Å². The minimum atomic E-state index is -0.00738. The van der Waals surface area contributed by atoms with Crippen molar-refractivity contribution in [1.82, 2.24) is 19.8 Å². The maximum atomic E-state index is 12.4. The molecule has 0 aliphatic carbocycles. The molecule has 2 aliphatic heterocycles. The lowest BCUT2D eigenvalue weighted by Crippen LogP contribution is -2.55. The number of likely N-dealkylation sites (N-methyl/N-ethyl adjacent to an activating group) is 1. The van der Waals surface area contributed by atoms with Crippen molar-refractivity contribution in [2.45, 2.75) is 32.7 Å². The Morgan fingerprint density at radius 3 is 2.79 bits per heavy atom. The number of rotatable bonds is 7. The minimum Gasteiger partial charge on any atom is -0.494 e. The van der Waals surface area contributed by atoms with Crippen LogP contribution in [0.5, 0.6) is 5.75 Å². The van der Waals surface area contributed by atoms with E-state index in [1.807, 2.05) is 36.1 Å². The maximum absolute atomic E-state index is 12.4. The Morgan fingerprint density at radius 2 is 2.06 bits per heavy atom. The smallest absolute Gasteiger partial charge is 0.246 e. The second-order valence-electron chi connectivity index (χ2n) is 8.90. The average Bonchev–Trinajstić information content (AvgIpc) is 2.86. The molecule has 0 unspecified atom stereocenters. The zero-order valence-electron chi connectivity index (χ0n) is 20.5. The molecule has 1 aromatic carbocycles. The molecule has 0 N–H and O–H groups in total. The molecule has 1 aromatic heterocycles. The topological polar surface area (TPSA) is 61.8 Å². The molecule has 0 spiro atoms. The number of hydrogen-bond acceptors (Lipinski definition) is 6. The van der Waals surface area contributed by atoms with Crippen molar-refractivity contribution >= 4 is 28.7 Å². The number of carbonyl (C=O) groups is 1. The van der Waals surface area contributed by atoms with Crippen LogP contribution in [0.25, 0.3) is 17.0 Å². The van der Waals surface area contributed by atoms with E-state index >= 15 is 0 Å². The van der Waals surface area contributed by atoms with E-state index in [-0.39, 0.29) is 11.9 Å². The molecule has 0 saturated carbocycles. The van der Waals surface area contributed by atoms with Crippen LogP contribution in [0.1, 0.15) is 32.5 Å². The Balaban J connectivity index is 1.70. The molecule has 34 heavy (non-hydrogen) atoms. The highest BCUT2D eigenvalue weighted by Crippen LogP contribution is 2.30. The Morgan fingerprint density at radius 1 is 1.21 bits per heavy atom. The molecule has 0 bridgehead atoms. The van der Waals surface area contributed by atoms with E-state index in [1.165, 1.54) is 11.6 Å². The van der Waals surface area contributed by atoms with Gasteiger partial charge in [0, 0.05) is 44.2 Å². The van der Waals surface area contributed by atoms with Crippen LogP contribution in [0, 0.1) is 0 Å². The molecule has 7 heteroatoms. The van der Waals surface area contributed by atoms with Gasteiger partial charge in [-0.2, -0.15) is 0 Å². The van der Waals surface area contributed by atoms with Crippen LogP contribution >= 0.6 is 0 Å². The lowest BCUT2D eigenvalue weighted by molar-refractivity contribution is -0.128. The predicted octanol–water partition coefficient (Wildman–Crippen LogP) is 3.92. The molecule has 2 aromatic rings. The molecule has 7 nitrogen and oxygen atoms in total. The van der Waals surface area contributed by atoms with Gasteiger partial charge in [0.15, 0.2) is 5.82 Å². The lowest BCUT2D eigenvalue weighted by atomic mass is 10.1. The van der Waals surface area contributed by atoms with Gasteiger partial charge in [-0.1, -0.05) is 25.7 Å². The summed E-state index contributed by atoms with van der Waals surface area (Å²) in [6.07, 6.45) is 9.77. The molecule has 1 fully saturated rings. The van der Waals surface area contributed by atoms with Crippen molar-refractivity contribution in [1.29, 1.82) is 0 Å². The number of nitrogens with zero attached hydrogens (tertiary/aromatic N) is 5. The summed E-state index contributed by atoms with van der Waals surface area (Å²) in [4.78, 5) is 28.7. The fourth-order valence-electron chi connectivity index (χ4n) is 4.71. The van der Waals surface area contributed by atoms with E-state index in [0.29, 0.717) is 25.5 Å². The molecule has 4 rings (SSSR count). The summed E-state index contributed by atoms with van der Waals surface area (Å²) in [5.41, 5.74) is 2.17. The van der Waals surface area contributed by atoms with E-state index in [1.54, 1.807) is 0 Å². The molecular formula is C27H35N5O2. The molecule has 1 saturated heterocycles. The van der Waals surface area contributed by atoms with Gasteiger partial charge < -0.3 is 19.4 Å². The number of aromatic nitrogens is 2. The third kappa shape index (κ3) is 5.30. The van der Waals surface area contributed by atoms with E-state index in [2.05, 4.69) is 42.5 Å². The van der Waals surface area contributed by atoms with Gasteiger partial charge in [0.05, 0.1) is 12.1 Å². The van der Waals surface area contributed by atoms with Crippen LogP contribution in [-0.2, 0) is 4.79 Å². The van der Waals surface area contributed by atoms with Crippen LogP contribution in [0.4, 0.5) is 5.82 Å². The summed E-state index contributed by atoms with van der Waals surface area (Å²) in [5.74, 6) is 2.39. The third-order valence-corrected chi connectivity index (χ3v) is 6.50. The molecule has 0 radical (unpaired) electrons. The Labute approximate surface area is 202 Å². The first-order chi connectivity index (χ1) is 16.5. The summed E-state index contributed by atoms with van der Waals surface area (Å²) in [7, 11) is 2.14. The van der Waals surface area contributed by atoms with Crippen LogP contribution in [0.2, 0.25) is 0 Å². The Bertz CT molecular complexity index is 1110. The van der Waals surface area contributed by atoms with Gasteiger partial charge in [-0.25, -0.2) is 9.97 Å². The molecule has 1 amide bonds. The van der Waals surface area contributed by atoms with Gasteiger partial charge in [-0.15, -0.1) is 0 Å². The van der Waals surface area contributed by atoms with Crippen LogP contribution < -0.4 is 9.64 Å². The van der Waals surface area contributed by atoms with E-state index in [4.69, 9.17) is 14.7 Å². The SMILES string of the molecule is C=CC(=O)N1CCN(c2nc(/C=C/C3=CCCN(C)C3)nc3ccc(OCC)cc23)C[C@@H]1CC. The molecule has 2 aliphatic rings. The average molecular weight is 462 g/mol. The number of amides is 1. The van der Waals surface area contributed by atoms with Gasteiger partial charge >= 0.3 is 0 Å². The minimum absolute atomic E-state index is 0.00738. The number of piperazine rings is 1. The van der Waals surface area contributed by atoms with Crippen LogP contribution in [0.15, 0.2) is 48.6 Å². The summed E-state index contributed by atoms with van der Waals surface area (Å²) in [6, 6.07) is 6.11. The van der Waals surface area contributed by atoms with Gasteiger partial charge in [0.25, 0.3) is 0 Å². The third-order valence-electron chi connectivity index (χ3n) is 6.50. The standard InChI is InChI=1S/C27H35N5O2/c1-5-21-19-31(15-16-32(21)26(33)6-2)27-23-17-22(34-7-3)11-12-24(23)28-25(29-27)13-10-20-9-8-14-30(4)18-20/h6,9-13,17,21H,2,5,7-8,14-16,18-19H2,1,3-4H3/b13-10+/t21-/m0/s1. The normalized spacial score (nSPS) is 19.5. The number of benzene rings is 1. The summed E-state index contributed by atoms with van der Waals surface area (Å²) in [6.45, 7) is 12.5. The molecule has 3 heterocycles. The number of carbonyl (C=O) groups excluding carboxylic acids is 1. The number of fused-ring (bicyclic) bond motifs is 1. The first kappa shape index (κ1) is 24.0. The van der Waals surface area contributed by atoms with Crippen molar-refractivity contribution in [3.8, 4) is 5.75 Å². The molecule has 1 atom stereocenters. The van der Waals surface area contributed by atoms with Gasteiger partial charge in [0.1, 0.15) is 11.6 Å². The first-order valence-electron chi connectivity index (χ1n) is 12.2. The number of anilines is 1. The Hall–Kier alpha value is -3.19.